The van der Waals surface area contributed by atoms with Crippen molar-refractivity contribution in [3.63, 3.8) is 0 Å². The predicted octanol–water partition coefficient (Wildman–Crippen LogP) is 13.4. The lowest BCUT2D eigenvalue weighted by atomic mass is 10.0. The molecule has 3 nitrogen and oxygen atoms in total. The molecule has 0 aliphatic carbocycles. The first-order chi connectivity index (χ1) is 25.3. The van der Waals surface area contributed by atoms with Gasteiger partial charge in [-0.2, -0.15) is 0 Å². The van der Waals surface area contributed by atoms with Crippen LogP contribution < -0.4 is 9.80 Å². The summed E-state index contributed by atoms with van der Waals surface area (Å²) in [5.41, 5.74) is 12.5. The van der Waals surface area contributed by atoms with Crippen molar-refractivity contribution in [2.24, 2.45) is 0 Å². The molecule has 51 heavy (non-hydrogen) atoms. The molecule has 3 heteroatoms. The number of hydrogen-bond acceptors (Lipinski definition) is 2. The van der Waals surface area contributed by atoms with Crippen LogP contribution in [0.4, 0.5) is 34.1 Å². The molecule has 0 amide bonds. The summed E-state index contributed by atoms with van der Waals surface area (Å²) in [4.78, 5) is 4.69. The maximum Gasteiger partial charge on any atom is 0.0702 e. The number of aromatic nitrogens is 1. The molecule has 0 saturated carbocycles. The Morgan fingerprint density at radius 2 is 0.706 bits per heavy atom. The summed E-state index contributed by atoms with van der Waals surface area (Å²) >= 11 is 0. The minimum Gasteiger partial charge on any atom is -0.309 e. The molecule has 1 heterocycles. The number of anilines is 6. The third-order valence-electron chi connectivity index (χ3n) is 9.55. The number of benzene rings is 8. The first-order valence-electron chi connectivity index (χ1n) is 17.4. The lowest BCUT2D eigenvalue weighted by Gasteiger charge is -2.33. The summed E-state index contributed by atoms with van der Waals surface area (Å²) in [5, 5.41) is 2.51. The van der Waals surface area contributed by atoms with Gasteiger partial charge in [-0.1, -0.05) is 127 Å². The first kappa shape index (κ1) is 30.2. The first-order valence-corrected chi connectivity index (χ1v) is 17.4. The van der Waals surface area contributed by atoms with Crippen LogP contribution in [0, 0.1) is 0 Å². The molecular weight excluding hydrogens is 619 g/mol. The highest BCUT2D eigenvalue weighted by Gasteiger charge is 2.22. The van der Waals surface area contributed by atoms with E-state index in [0.29, 0.717) is 0 Å². The van der Waals surface area contributed by atoms with Crippen LogP contribution in [0.2, 0.25) is 0 Å². The minimum absolute atomic E-state index is 1.08. The van der Waals surface area contributed by atoms with Crippen LogP contribution in [-0.2, 0) is 0 Å². The lowest BCUT2D eigenvalue weighted by Crippen LogP contribution is -2.16. The molecule has 0 unspecified atom stereocenters. The molecule has 0 radical (unpaired) electrons. The zero-order valence-corrected chi connectivity index (χ0v) is 28.0. The minimum atomic E-state index is 1.08. The number of fused-ring (bicyclic) bond motifs is 3. The van der Waals surface area contributed by atoms with Crippen LogP contribution >= 0.6 is 0 Å². The Bertz CT molecular complexity index is 2520. The van der Waals surface area contributed by atoms with E-state index >= 15 is 0 Å². The van der Waals surface area contributed by atoms with Gasteiger partial charge in [0.1, 0.15) is 0 Å². The standard InChI is InChI=1S/C48H35N3/c1-5-17-38(18-6-1)49(39-19-7-2-8-20-39)46-27-15-16-28-47(46)50(40-21-9-3-10-22-40)42-32-29-36(30-33-42)37-31-34-44-43-25-13-14-26-45(43)51(48(44)35-37)41-23-11-4-12-24-41/h1-35H. The largest absolute Gasteiger partial charge is 0.309 e. The van der Waals surface area contributed by atoms with E-state index in [1.807, 2.05) is 0 Å². The average molecular weight is 654 g/mol. The van der Waals surface area contributed by atoms with E-state index in [9.17, 15) is 0 Å². The van der Waals surface area contributed by atoms with Gasteiger partial charge in [0.05, 0.1) is 22.4 Å². The molecule has 9 rings (SSSR count). The van der Waals surface area contributed by atoms with Crippen molar-refractivity contribution in [3.8, 4) is 16.8 Å². The van der Waals surface area contributed by atoms with Crippen molar-refractivity contribution < 1.29 is 0 Å². The second kappa shape index (κ2) is 13.2. The van der Waals surface area contributed by atoms with Crippen LogP contribution in [0.25, 0.3) is 38.6 Å². The number of para-hydroxylation sites is 7. The third kappa shape index (κ3) is 5.61. The van der Waals surface area contributed by atoms with Crippen LogP contribution in [-0.4, -0.2) is 4.57 Å². The summed E-state index contributed by atoms with van der Waals surface area (Å²) in [7, 11) is 0. The van der Waals surface area contributed by atoms with Gasteiger partial charge in [0, 0.05) is 39.2 Å². The highest BCUT2D eigenvalue weighted by molar-refractivity contribution is 6.10. The second-order valence-electron chi connectivity index (χ2n) is 12.6. The quantitative estimate of drug-likeness (QED) is 0.162. The summed E-state index contributed by atoms with van der Waals surface area (Å²) in [6.45, 7) is 0. The highest BCUT2D eigenvalue weighted by Crippen LogP contribution is 2.45. The van der Waals surface area contributed by atoms with Crippen LogP contribution in [0.5, 0.6) is 0 Å². The lowest BCUT2D eigenvalue weighted by molar-refractivity contribution is 1.18. The fourth-order valence-corrected chi connectivity index (χ4v) is 7.24. The Morgan fingerprint density at radius 1 is 0.294 bits per heavy atom. The van der Waals surface area contributed by atoms with E-state index in [0.717, 1.165) is 39.8 Å². The maximum absolute atomic E-state index is 2.38. The normalized spacial score (nSPS) is 11.1. The van der Waals surface area contributed by atoms with Crippen LogP contribution in [0.1, 0.15) is 0 Å². The Hall–Kier alpha value is -6.84. The van der Waals surface area contributed by atoms with Crippen molar-refractivity contribution in [2.45, 2.75) is 0 Å². The van der Waals surface area contributed by atoms with Crippen molar-refractivity contribution in [1.29, 1.82) is 0 Å². The molecule has 0 fully saturated rings. The van der Waals surface area contributed by atoms with E-state index in [2.05, 4.69) is 227 Å². The fourth-order valence-electron chi connectivity index (χ4n) is 7.24. The van der Waals surface area contributed by atoms with Gasteiger partial charge >= 0.3 is 0 Å². The van der Waals surface area contributed by atoms with Gasteiger partial charge in [-0.15, -0.1) is 0 Å². The Kier molecular flexibility index (Phi) is 7.84. The molecule has 1 aromatic heterocycles. The molecule has 9 aromatic rings. The van der Waals surface area contributed by atoms with Gasteiger partial charge in [0.25, 0.3) is 0 Å². The molecule has 0 N–H and O–H groups in total. The summed E-state index contributed by atoms with van der Waals surface area (Å²) in [6, 6.07) is 75.6. The van der Waals surface area contributed by atoms with Crippen LogP contribution in [0.3, 0.4) is 0 Å². The highest BCUT2D eigenvalue weighted by atomic mass is 15.2. The van der Waals surface area contributed by atoms with Crippen molar-refractivity contribution >= 4 is 55.9 Å². The summed E-state index contributed by atoms with van der Waals surface area (Å²) in [5.74, 6) is 0. The molecule has 0 aliphatic rings. The van der Waals surface area contributed by atoms with E-state index in [-0.39, 0.29) is 0 Å². The molecule has 242 valence electrons. The third-order valence-corrected chi connectivity index (χ3v) is 9.55. The Labute approximate surface area is 298 Å². The van der Waals surface area contributed by atoms with E-state index in [1.165, 1.54) is 32.9 Å². The maximum atomic E-state index is 2.38. The monoisotopic (exact) mass is 653 g/mol. The molecule has 0 bridgehead atoms. The fraction of sp³-hybridized carbons (Fsp3) is 0. The number of hydrogen-bond donors (Lipinski definition) is 0. The average Bonchev–Trinajstić information content (AvgIpc) is 3.54. The predicted molar refractivity (Wildman–Crippen MR) is 216 cm³/mol. The van der Waals surface area contributed by atoms with E-state index in [1.54, 1.807) is 0 Å². The van der Waals surface area contributed by atoms with Gasteiger partial charge in [-0.3, -0.25) is 0 Å². The molecule has 0 aliphatic heterocycles. The summed E-state index contributed by atoms with van der Waals surface area (Å²) in [6.07, 6.45) is 0. The van der Waals surface area contributed by atoms with Gasteiger partial charge in [0.15, 0.2) is 0 Å². The number of rotatable bonds is 8. The molecular formula is C48H35N3. The molecule has 0 spiro atoms. The van der Waals surface area contributed by atoms with Crippen molar-refractivity contribution in [3.05, 3.63) is 212 Å². The molecule has 8 aromatic carbocycles. The smallest absolute Gasteiger partial charge is 0.0702 e. The van der Waals surface area contributed by atoms with Gasteiger partial charge < -0.3 is 14.4 Å². The van der Waals surface area contributed by atoms with Crippen molar-refractivity contribution in [1.82, 2.24) is 4.57 Å². The van der Waals surface area contributed by atoms with Gasteiger partial charge in [0.2, 0.25) is 0 Å². The zero-order valence-electron chi connectivity index (χ0n) is 28.0. The van der Waals surface area contributed by atoms with E-state index < -0.39 is 0 Å². The van der Waals surface area contributed by atoms with Crippen molar-refractivity contribution in [2.75, 3.05) is 9.80 Å². The molecule has 0 saturated heterocycles. The summed E-state index contributed by atoms with van der Waals surface area (Å²) < 4.78 is 2.38. The Balaban J connectivity index is 1.17. The van der Waals surface area contributed by atoms with Gasteiger partial charge in [-0.05, 0) is 96.1 Å². The van der Waals surface area contributed by atoms with Crippen LogP contribution in [0.15, 0.2) is 212 Å². The topological polar surface area (TPSA) is 11.4 Å². The zero-order chi connectivity index (χ0) is 34.0. The van der Waals surface area contributed by atoms with E-state index in [4.69, 9.17) is 0 Å². The second-order valence-corrected chi connectivity index (χ2v) is 12.6. The SMILES string of the molecule is c1ccc(N(c2ccccc2)c2ccccc2N(c2ccccc2)c2ccc(-c3ccc4c5ccccc5n(-c5ccccc5)c4c3)cc2)cc1. The Morgan fingerprint density at radius 3 is 1.25 bits per heavy atom. The number of nitrogens with zero attached hydrogens (tertiary/aromatic N) is 3. The van der Waals surface area contributed by atoms with Gasteiger partial charge in [-0.25, -0.2) is 0 Å². The molecule has 0 atom stereocenters.